The molecule has 13 rings (SSSR count). The number of fused-ring (bicyclic) bond motifs is 12. The molecule has 0 N–H and O–H groups in total. The van der Waals surface area contributed by atoms with E-state index in [2.05, 4.69) is 197 Å². The SMILES string of the molecule is c1ccc(-c2cccc(-n3c4ccccc4c4ccc5c6c7c(ccc6n(-c6ccc(-c8nc(-c9ccccc9)c9ccccc9n8)cc6)c5c43)oc3ccccc37)c2)cc1. The zero-order valence-corrected chi connectivity index (χ0v) is 32.8. The summed E-state index contributed by atoms with van der Waals surface area (Å²) in [4.78, 5) is 10.3. The van der Waals surface area contributed by atoms with Crippen molar-refractivity contribution in [1.29, 1.82) is 0 Å². The largest absolute Gasteiger partial charge is 0.456 e. The molecule has 4 heterocycles. The van der Waals surface area contributed by atoms with Crippen LogP contribution in [-0.4, -0.2) is 19.1 Å². The second-order valence-electron chi connectivity index (χ2n) is 15.7. The minimum atomic E-state index is 0.693. The third-order valence-electron chi connectivity index (χ3n) is 12.3. The molecule has 0 saturated carbocycles. The van der Waals surface area contributed by atoms with Crippen molar-refractivity contribution in [3.63, 3.8) is 0 Å². The smallest absolute Gasteiger partial charge is 0.160 e. The first-order valence-electron chi connectivity index (χ1n) is 20.7. The predicted molar refractivity (Wildman–Crippen MR) is 252 cm³/mol. The van der Waals surface area contributed by atoms with E-state index in [1.54, 1.807) is 0 Å². The molecule has 284 valence electrons. The van der Waals surface area contributed by atoms with Gasteiger partial charge in [-0.25, -0.2) is 9.97 Å². The van der Waals surface area contributed by atoms with Gasteiger partial charge in [-0.15, -0.1) is 0 Å². The van der Waals surface area contributed by atoms with Crippen molar-refractivity contribution in [2.75, 3.05) is 0 Å². The Morgan fingerprint density at radius 3 is 1.84 bits per heavy atom. The second-order valence-corrected chi connectivity index (χ2v) is 15.7. The number of para-hydroxylation sites is 3. The van der Waals surface area contributed by atoms with Gasteiger partial charge in [0.15, 0.2) is 5.82 Å². The monoisotopic (exact) mass is 778 g/mol. The highest BCUT2D eigenvalue weighted by Crippen LogP contribution is 2.46. The molecule has 0 aliphatic heterocycles. The van der Waals surface area contributed by atoms with Gasteiger partial charge >= 0.3 is 0 Å². The summed E-state index contributed by atoms with van der Waals surface area (Å²) in [6.07, 6.45) is 0. The Morgan fingerprint density at radius 2 is 1.00 bits per heavy atom. The molecule has 0 saturated heterocycles. The van der Waals surface area contributed by atoms with Crippen LogP contribution in [0.15, 0.2) is 211 Å². The minimum Gasteiger partial charge on any atom is -0.456 e. The van der Waals surface area contributed by atoms with Crippen LogP contribution < -0.4 is 0 Å². The Labute approximate surface area is 350 Å². The van der Waals surface area contributed by atoms with E-state index in [1.807, 2.05) is 18.2 Å². The van der Waals surface area contributed by atoms with Crippen LogP contribution in [0.2, 0.25) is 0 Å². The number of aromatic nitrogens is 4. The van der Waals surface area contributed by atoms with Gasteiger partial charge < -0.3 is 13.6 Å². The molecular formula is C56H34N4O. The molecule has 5 heteroatoms. The van der Waals surface area contributed by atoms with Crippen LogP contribution >= 0.6 is 0 Å². The summed E-state index contributed by atoms with van der Waals surface area (Å²) in [6, 6.07) is 73.1. The Balaban J connectivity index is 1.11. The van der Waals surface area contributed by atoms with E-state index in [1.165, 1.54) is 27.3 Å². The first-order chi connectivity index (χ1) is 30.3. The first kappa shape index (κ1) is 33.7. The van der Waals surface area contributed by atoms with E-state index in [-0.39, 0.29) is 0 Å². The molecule has 9 aromatic carbocycles. The van der Waals surface area contributed by atoms with Crippen LogP contribution in [-0.2, 0) is 0 Å². The van der Waals surface area contributed by atoms with E-state index >= 15 is 0 Å². The Bertz CT molecular complexity index is 3860. The van der Waals surface area contributed by atoms with Gasteiger partial charge in [0.25, 0.3) is 0 Å². The Kier molecular flexibility index (Phi) is 7.24. The summed E-state index contributed by atoms with van der Waals surface area (Å²) in [5.41, 5.74) is 14.7. The van der Waals surface area contributed by atoms with E-state index < -0.39 is 0 Å². The second kappa shape index (κ2) is 13.1. The van der Waals surface area contributed by atoms with Gasteiger partial charge in [-0.05, 0) is 77.9 Å². The maximum Gasteiger partial charge on any atom is 0.160 e. The van der Waals surface area contributed by atoms with E-state index in [0.29, 0.717) is 5.82 Å². The van der Waals surface area contributed by atoms with Gasteiger partial charge in [-0.3, -0.25) is 0 Å². The number of furan rings is 1. The molecular weight excluding hydrogens is 745 g/mol. The van der Waals surface area contributed by atoms with Gasteiger partial charge in [0, 0.05) is 60.2 Å². The van der Waals surface area contributed by atoms with Gasteiger partial charge in [-0.1, -0.05) is 140 Å². The number of nitrogens with zero attached hydrogens (tertiary/aromatic N) is 4. The van der Waals surface area contributed by atoms with E-state index in [4.69, 9.17) is 14.4 Å². The molecule has 13 aromatic rings. The van der Waals surface area contributed by atoms with E-state index in [9.17, 15) is 0 Å². The highest BCUT2D eigenvalue weighted by atomic mass is 16.3. The summed E-state index contributed by atoms with van der Waals surface area (Å²) >= 11 is 0. The average molecular weight is 779 g/mol. The topological polar surface area (TPSA) is 48.8 Å². The molecule has 61 heavy (non-hydrogen) atoms. The number of rotatable bonds is 5. The summed E-state index contributed by atoms with van der Waals surface area (Å²) in [5, 5.41) is 8.00. The normalized spacial score (nSPS) is 11.9. The third kappa shape index (κ3) is 5.08. The standard InChI is InChI=1S/C56H34N4O/c1-3-14-35(15-4-1)38-18-13-19-40(34-38)60-47-24-11-8-20-41(47)42-30-31-45-51-48(32-33-50-52(51)44-22-9-12-25-49(44)61-50)59(55(45)54(42)60)39-28-26-37(27-29-39)56-57-46-23-10-7-21-43(46)53(58-56)36-16-5-2-6-17-36/h1-34H. The van der Waals surface area contributed by atoms with Crippen molar-refractivity contribution in [3.8, 4) is 45.1 Å². The van der Waals surface area contributed by atoms with Gasteiger partial charge in [0.05, 0.1) is 33.3 Å². The fourth-order valence-corrected chi connectivity index (χ4v) is 9.63. The molecule has 0 atom stereocenters. The lowest BCUT2D eigenvalue weighted by atomic mass is 10.0. The van der Waals surface area contributed by atoms with Crippen molar-refractivity contribution in [2.45, 2.75) is 0 Å². The van der Waals surface area contributed by atoms with Crippen LogP contribution in [0.4, 0.5) is 0 Å². The summed E-state index contributed by atoms with van der Waals surface area (Å²) in [6.45, 7) is 0. The minimum absolute atomic E-state index is 0.693. The van der Waals surface area contributed by atoms with Crippen LogP contribution in [0.5, 0.6) is 0 Å². The van der Waals surface area contributed by atoms with Crippen LogP contribution in [0, 0.1) is 0 Å². The molecule has 4 aromatic heterocycles. The summed E-state index contributed by atoms with van der Waals surface area (Å²) < 4.78 is 11.4. The van der Waals surface area contributed by atoms with E-state index in [0.717, 1.165) is 88.5 Å². The fraction of sp³-hybridized carbons (Fsp3) is 0. The number of hydrogen-bond acceptors (Lipinski definition) is 3. The van der Waals surface area contributed by atoms with Crippen LogP contribution in [0.25, 0.3) is 122 Å². The first-order valence-corrected chi connectivity index (χ1v) is 20.7. The van der Waals surface area contributed by atoms with Crippen molar-refractivity contribution in [2.24, 2.45) is 0 Å². The lowest BCUT2D eigenvalue weighted by Crippen LogP contribution is -1.99. The molecule has 0 aliphatic carbocycles. The van der Waals surface area contributed by atoms with Crippen molar-refractivity contribution < 1.29 is 4.42 Å². The number of benzene rings is 9. The molecule has 5 nitrogen and oxygen atoms in total. The number of hydrogen-bond donors (Lipinski definition) is 0. The van der Waals surface area contributed by atoms with Crippen LogP contribution in [0.3, 0.4) is 0 Å². The lowest BCUT2D eigenvalue weighted by molar-refractivity contribution is 0.669. The average Bonchev–Trinajstić information content (AvgIpc) is 3.99. The Hall–Kier alpha value is -8.28. The molecule has 0 bridgehead atoms. The predicted octanol–water partition coefficient (Wildman–Crippen LogP) is 14.7. The summed E-state index contributed by atoms with van der Waals surface area (Å²) in [5.74, 6) is 0.693. The molecule has 0 unspecified atom stereocenters. The summed E-state index contributed by atoms with van der Waals surface area (Å²) in [7, 11) is 0. The van der Waals surface area contributed by atoms with Gasteiger partial charge in [0.2, 0.25) is 0 Å². The molecule has 0 spiro atoms. The maximum atomic E-state index is 6.52. The fourth-order valence-electron chi connectivity index (χ4n) is 9.63. The van der Waals surface area contributed by atoms with Gasteiger partial charge in [0.1, 0.15) is 11.2 Å². The zero-order valence-electron chi connectivity index (χ0n) is 32.8. The molecule has 0 fully saturated rings. The zero-order chi connectivity index (χ0) is 40.0. The van der Waals surface area contributed by atoms with Crippen molar-refractivity contribution in [1.82, 2.24) is 19.1 Å². The molecule has 0 radical (unpaired) electrons. The Morgan fingerprint density at radius 1 is 0.344 bits per heavy atom. The maximum absolute atomic E-state index is 6.52. The molecule has 0 amide bonds. The van der Waals surface area contributed by atoms with Crippen molar-refractivity contribution in [3.05, 3.63) is 206 Å². The van der Waals surface area contributed by atoms with Crippen LogP contribution in [0.1, 0.15) is 0 Å². The highest BCUT2D eigenvalue weighted by molar-refractivity contribution is 6.31. The molecule has 0 aliphatic rings. The quantitative estimate of drug-likeness (QED) is 0.175. The lowest BCUT2D eigenvalue weighted by Gasteiger charge is -2.14. The van der Waals surface area contributed by atoms with Gasteiger partial charge in [-0.2, -0.15) is 0 Å². The third-order valence-corrected chi connectivity index (χ3v) is 12.3. The van der Waals surface area contributed by atoms with Crippen molar-refractivity contribution >= 4 is 76.5 Å². The highest BCUT2D eigenvalue weighted by Gasteiger charge is 2.24.